The van der Waals surface area contributed by atoms with E-state index in [1.54, 1.807) is 11.8 Å². The van der Waals surface area contributed by atoms with E-state index >= 15 is 0 Å². The Hall–Kier alpha value is -1.65. The van der Waals surface area contributed by atoms with E-state index < -0.39 is 0 Å². The van der Waals surface area contributed by atoms with Crippen molar-refractivity contribution in [1.82, 2.24) is 15.2 Å². The summed E-state index contributed by atoms with van der Waals surface area (Å²) in [6.45, 7) is 3.99. The maximum atomic E-state index is 4.41. The van der Waals surface area contributed by atoms with E-state index in [4.69, 9.17) is 0 Å². The molecule has 1 aliphatic carbocycles. The van der Waals surface area contributed by atoms with E-state index in [1.165, 1.54) is 32.1 Å². The zero-order valence-corrected chi connectivity index (χ0v) is 12.4. The average molecular weight is 275 g/mol. The molecule has 0 atom stereocenters. The fourth-order valence-corrected chi connectivity index (χ4v) is 2.32. The van der Waals surface area contributed by atoms with Crippen LogP contribution in [-0.4, -0.2) is 28.3 Å². The molecule has 1 aliphatic rings. The number of anilines is 2. The van der Waals surface area contributed by atoms with Crippen LogP contribution in [0.15, 0.2) is 17.8 Å². The third-order valence-corrected chi connectivity index (χ3v) is 3.51. The molecule has 0 aliphatic heterocycles. The molecular formula is C15H25N5. The minimum Gasteiger partial charge on any atom is -0.369 e. The molecule has 0 amide bonds. The number of aromatic nitrogens is 3. The van der Waals surface area contributed by atoms with Crippen LogP contribution in [-0.2, 0) is 0 Å². The van der Waals surface area contributed by atoms with Crippen LogP contribution in [0.2, 0.25) is 0 Å². The SMILES string of the molecule is CCCCNc1cnnc(NCCC2=CCCCC2)n1. The van der Waals surface area contributed by atoms with Gasteiger partial charge in [-0.25, -0.2) is 0 Å². The van der Waals surface area contributed by atoms with E-state index in [1.807, 2.05) is 0 Å². The van der Waals surface area contributed by atoms with Gasteiger partial charge in [0.2, 0.25) is 5.95 Å². The predicted octanol–water partition coefficient (Wildman–Crippen LogP) is 3.39. The summed E-state index contributed by atoms with van der Waals surface area (Å²) in [5.74, 6) is 1.41. The molecule has 0 unspecified atom stereocenters. The first-order valence-corrected chi connectivity index (χ1v) is 7.74. The fraction of sp³-hybridized carbons (Fsp3) is 0.667. The van der Waals surface area contributed by atoms with Gasteiger partial charge >= 0.3 is 0 Å². The first-order valence-electron chi connectivity index (χ1n) is 7.74. The van der Waals surface area contributed by atoms with Crippen molar-refractivity contribution in [2.24, 2.45) is 0 Å². The molecule has 1 aromatic heterocycles. The number of rotatable bonds is 8. The second kappa shape index (κ2) is 8.51. The van der Waals surface area contributed by atoms with Crippen molar-refractivity contribution in [3.63, 3.8) is 0 Å². The molecule has 2 rings (SSSR count). The quantitative estimate of drug-likeness (QED) is 0.562. The third-order valence-electron chi connectivity index (χ3n) is 3.51. The van der Waals surface area contributed by atoms with Crippen molar-refractivity contribution >= 4 is 11.8 Å². The summed E-state index contributed by atoms with van der Waals surface area (Å²) in [6.07, 6.45) is 12.6. The zero-order valence-electron chi connectivity index (χ0n) is 12.4. The Bertz CT molecular complexity index is 430. The van der Waals surface area contributed by atoms with Gasteiger partial charge in [-0.05, 0) is 38.5 Å². The molecule has 0 fully saturated rings. The van der Waals surface area contributed by atoms with Gasteiger partial charge in [0.25, 0.3) is 0 Å². The van der Waals surface area contributed by atoms with Crippen LogP contribution >= 0.6 is 0 Å². The summed E-state index contributed by atoms with van der Waals surface area (Å²) < 4.78 is 0. The second-order valence-corrected chi connectivity index (χ2v) is 5.23. The van der Waals surface area contributed by atoms with Crippen LogP contribution in [0.5, 0.6) is 0 Å². The van der Waals surface area contributed by atoms with E-state index in [-0.39, 0.29) is 0 Å². The maximum Gasteiger partial charge on any atom is 0.244 e. The predicted molar refractivity (Wildman–Crippen MR) is 82.9 cm³/mol. The minimum absolute atomic E-state index is 0.614. The van der Waals surface area contributed by atoms with Gasteiger partial charge < -0.3 is 10.6 Å². The molecule has 110 valence electrons. The number of nitrogens with one attached hydrogen (secondary N) is 2. The first kappa shape index (κ1) is 14.8. The van der Waals surface area contributed by atoms with Gasteiger partial charge in [-0.15, -0.1) is 5.10 Å². The molecule has 0 saturated carbocycles. The lowest BCUT2D eigenvalue weighted by molar-refractivity contribution is 0.678. The summed E-state index contributed by atoms with van der Waals surface area (Å²) in [5, 5.41) is 14.5. The first-order chi connectivity index (χ1) is 9.88. The summed E-state index contributed by atoms with van der Waals surface area (Å²) in [5.41, 5.74) is 1.56. The van der Waals surface area contributed by atoms with E-state index in [2.05, 4.69) is 38.8 Å². The number of allylic oxidation sites excluding steroid dienone is 1. The normalized spacial score (nSPS) is 14.8. The average Bonchev–Trinajstić information content (AvgIpc) is 2.49. The molecule has 5 heteroatoms. The highest BCUT2D eigenvalue weighted by atomic mass is 15.3. The van der Waals surface area contributed by atoms with E-state index in [0.717, 1.165) is 31.7 Å². The lowest BCUT2D eigenvalue weighted by atomic mass is 9.97. The Morgan fingerprint density at radius 1 is 1.20 bits per heavy atom. The Labute approximate surface area is 121 Å². The number of nitrogens with zero attached hydrogens (tertiary/aromatic N) is 3. The Morgan fingerprint density at radius 2 is 2.15 bits per heavy atom. The maximum absolute atomic E-state index is 4.41. The van der Waals surface area contributed by atoms with Crippen LogP contribution in [0.3, 0.4) is 0 Å². The van der Waals surface area contributed by atoms with Crippen molar-refractivity contribution in [2.75, 3.05) is 23.7 Å². The van der Waals surface area contributed by atoms with Gasteiger partial charge in [0.1, 0.15) is 5.82 Å². The number of unbranched alkanes of at least 4 members (excludes halogenated alkanes) is 1. The number of hydrogen-bond donors (Lipinski definition) is 2. The molecule has 0 bridgehead atoms. The molecule has 0 spiro atoms. The van der Waals surface area contributed by atoms with Crippen LogP contribution in [0.4, 0.5) is 11.8 Å². The summed E-state index contributed by atoms with van der Waals surface area (Å²) >= 11 is 0. The minimum atomic E-state index is 0.614. The lowest BCUT2D eigenvalue weighted by Crippen LogP contribution is -2.10. The van der Waals surface area contributed by atoms with Crippen LogP contribution in [0.25, 0.3) is 0 Å². The molecule has 0 aromatic carbocycles. The number of hydrogen-bond acceptors (Lipinski definition) is 5. The Morgan fingerprint density at radius 3 is 2.95 bits per heavy atom. The van der Waals surface area contributed by atoms with Gasteiger partial charge in [0, 0.05) is 13.1 Å². The van der Waals surface area contributed by atoms with E-state index in [0.29, 0.717) is 5.95 Å². The molecule has 0 saturated heterocycles. The van der Waals surface area contributed by atoms with Crippen LogP contribution in [0.1, 0.15) is 51.9 Å². The van der Waals surface area contributed by atoms with Gasteiger partial charge in [-0.1, -0.05) is 25.0 Å². The smallest absolute Gasteiger partial charge is 0.244 e. The lowest BCUT2D eigenvalue weighted by Gasteiger charge is -2.13. The highest BCUT2D eigenvalue weighted by Crippen LogP contribution is 2.19. The third kappa shape index (κ3) is 5.15. The molecule has 20 heavy (non-hydrogen) atoms. The summed E-state index contributed by atoms with van der Waals surface area (Å²) in [4.78, 5) is 4.41. The topological polar surface area (TPSA) is 62.7 Å². The van der Waals surface area contributed by atoms with Crippen LogP contribution in [0, 0.1) is 0 Å². The molecule has 1 heterocycles. The molecule has 2 N–H and O–H groups in total. The van der Waals surface area contributed by atoms with Crippen molar-refractivity contribution in [3.05, 3.63) is 17.8 Å². The molecular weight excluding hydrogens is 250 g/mol. The van der Waals surface area contributed by atoms with Gasteiger partial charge in [0.05, 0.1) is 6.20 Å². The summed E-state index contributed by atoms with van der Waals surface area (Å²) in [7, 11) is 0. The molecule has 1 aromatic rings. The van der Waals surface area contributed by atoms with Crippen LogP contribution < -0.4 is 10.6 Å². The van der Waals surface area contributed by atoms with Gasteiger partial charge in [0.15, 0.2) is 0 Å². The Balaban J connectivity index is 1.74. The standard InChI is InChI=1S/C15H25N5/c1-2-3-10-16-14-12-18-20-15(19-14)17-11-9-13-7-5-4-6-8-13/h7,12H,2-6,8-11H2,1H3,(H2,16,17,19,20). The molecule has 5 nitrogen and oxygen atoms in total. The highest BCUT2D eigenvalue weighted by molar-refractivity contribution is 5.36. The zero-order chi connectivity index (χ0) is 14.0. The second-order valence-electron chi connectivity index (χ2n) is 5.23. The van der Waals surface area contributed by atoms with Gasteiger partial charge in [-0.2, -0.15) is 10.1 Å². The van der Waals surface area contributed by atoms with Crippen molar-refractivity contribution < 1.29 is 0 Å². The fourth-order valence-electron chi connectivity index (χ4n) is 2.32. The van der Waals surface area contributed by atoms with Crippen molar-refractivity contribution in [2.45, 2.75) is 51.9 Å². The monoisotopic (exact) mass is 275 g/mol. The van der Waals surface area contributed by atoms with E-state index in [9.17, 15) is 0 Å². The molecule has 0 radical (unpaired) electrons. The van der Waals surface area contributed by atoms with Gasteiger partial charge in [-0.3, -0.25) is 0 Å². The summed E-state index contributed by atoms with van der Waals surface area (Å²) in [6, 6.07) is 0. The largest absolute Gasteiger partial charge is 0.369 e. The van der Waals surface area contributed by atoms with Crippen molar-refractivity contribution in [1.29, 1.82) is 0 Å². The highest BCUT2D eigenvalue weighted by Gasteiger charge is 2.04. The Kier molecular flexibility index (Phi) is 6.27. The van der Waals surface area contributed by atoms with Crippen molar-refractivity contribution in [3.8, 4) is 0 Å².